The van der Waals surface area contributed by atoms with Gasteiger partial charge >= 0.3 is 0 Å². The molecule has 0 bridgehead atoms. The Morgan fingerprint density at radius 2 is 2.00 bits per heavy atom. The lowest BCUT2D eigenvalue weighted by Crippen LogP contribution is -2.03. The number of hydrogen-bond acceptors (Lipinski definition) is 2. The largest absolute Gasteiger partial charge is 0.496 e. The Kier molecular flexibility index (Phi) is 4.37. The summed E-state index contributed by atoms with van der Waals surface area (Å²) >= 11 is 0. The van der Waals surface area contributed by atoms with E-state index in [-0.39, 0.29) is 5.92 Å². The Labute approximate surface area is 97.9 Å². The standard InChI is InChI=1S/C14H19NO/c1-5-12(9-15)8-13-6-7-14(16-4)11(3)10(13)2/h6-7,12H,5,8H2,1-4H3. The average molecular weight is 217 g/mol. The van der Waals surface area contributed by atoms with Crippen molar-refractivity contribution >= 4 is 0 Å². The van der Waals surface area contributed by atoms with Crippen LogP contribution >= 0.6 is 0 Å². The zero-order chi connectivity index (χ0) is 12.1. The minimum Gasteiger partial charge on any atom is -0.496 e. The molecule has 0 radical (unpaired) electrons. The van der Waals surface area contributed by atoms with Gasteiger partial charge in [-0.1, -0.05) is 13.0 Å². The van der Waals surface area contributed by atoms with Gasteiger partial charge in [-0.05, 0) is 49.4 Å². The fourth-order valence-corrected chi connectivity index (χ4v) is 1.84. The molecule has 16 heavy (non-hydrogen) atoms. The molecule has 0 amide bonds. The predicted octanol–water partition coefficient (Wildman–Crippen LogP) is 3.40. The molecule has 1 rings (SSSR count). The molecule has 0 N–H and O–H groups in total. The van der Waals surface area contributed by atoms with Crippen LogP contribution in [0.2, 0.25) is 0 Å². The van der Waals surface area contributed by atoms with Gasteiger partial charge in [0.2, 0.25) is 0 Å². The van der Waals surface area contributed by atoms with Crippen LogP contribution in [-0.2, 0) is 6.42 Å². The molecule has 0 saturated carbocycles. The van der Waals surface area contributed by atoms with Gasteiger partial charge in [-0.3, -0.25) is 0 Å². The molecule has 0 fully saturated rings. The van der Waals surface area contributed by atoms with Crippen LogP contribution in [0.5, 0.6) is 5.75 Å². The van der Waals surface area contributed by atoms with E-state index in [0.717, 1.165) is 18.6 Å². The first-order valence-corrected chi connectivity index (χ1v) is 5.66. The molecule has 1 atom stereocenters. The van der Waals surface area contributed by atoms with Gasteiger partial charge in [-0.2, -0.15) is 5.26 Å². The highest BCUT2D eigenvalue weighted by Gasteiger charge is 2.11. The molecule has 0 heterocycles. The first kappa shape index (κ1) is 12.6. The Morgan fingerprint density at radius 3 is 2.50 bits per heavy atom. The molecule has 0 aliphatic heterocycles. The highest BCUT2D eigenvalue weighted by atomic mass is 16.5. The fourth-order valence-electron chi connectivity index (χ4n) is 1.84. The molecule has 86 valence electrons. The van der Waals surface area contributed by atoms with E-state index in [1.165, 1.54) is 16.7 Å². The van der Waals surface area contributed by atoms with Crippen molar-refractivity contribution in [2.75, 3.05) is 7.11 Å². The highest BCUT2D eigenvalue weighted by molar-refractivity contribution is 5.43. The van der Waals surface area contributed by atoms with E-state index in [2.05, 4.69) is 32.9 Å². The van der Waals surface area contributed by atoms with Crippen molar-refractivity contribution in [3.05, 3.63) is 28.8 Å². The van der Waals surface area contributed by atoms with Crippen LogP contribution in [0.1, 0.15) is 30.0 Å². The maximum Gasteiger partial charge on any atom is 0.122 e. The second kappa shape index (κ2) is 5.55. The topological polar surface area (TPSA) is 33.0 Å². The zero-order valence-electron chi connectivity index (χ0n) is 10.5. The first-order valence-electron chi connectivity index (χ1n) is 5.66. The van der Waals surface area contributed by atoms with E-state index in [1.807, 2.05) is 6.07 Å². The summed E-state index contributed by atoms with van der Waals surface area (Å²) in [7, 11) is 1.69. The van der Waals surface area contributed by atoms with Gasteiger partial charge < -0.3 is 4.74 Å². The lowest BCUT2D eigenvalue weighted by molar-refractivity contribution is 0.411. The normalized spacial score (nSPS) is 11.9. The number of rotatable bonds is 4. The summed E-state index contributed by atoms with van der Waals surface area (Å²) in [6.45, 7) is 6.21. The Bertz CT molecular complexity index is 404. The third kappa shape index (κ3) is 2.55. The predicted molar refractivity (Wildman–Crippen MR) is 65.6 cm³/mol. The molecule has 0 aromatic heterocycles. The Hall–Kier alpha value is -1.49. The third-order valence-corrected chi connectivity index (χ3v) is 3.21. The molecule has 0 aliphatic rings. The van der Waals surface area contributed by atoms with Crippen LogP contribution < -0.4 is 4.74 Å². The van der Waals surface area contributed by atoms with E-state index < -0.39 is 0 Å². The van der Waals surface area contributed by atoms with Crippen molar-refractivity contribution in [1.29, 1.82) is 5.26 Å². The number of nitrogens with zero attached hydrogens (tertiary/aromatic N) is 1. The van der Waals surface area contributed by atoms with Crippen LogP contribution in [-0.4, -0.2) is 7.11 Å². The molecule has 2 nitrogen and oxygen atoms in total. The van der Waals surface area contributed by atoms with Gasteiger partial charge in [0, 0.05) is 0 Å². The maximum atomic E-state index is 8.97. The molecule has 1 aromatic rings. The van der Waals surface area contributed by atoms with Crippen molar-refractivity contribution in [2.24, 2.45) is 5.92 Å². The van der Waals surface area contributed by atoms with Gasteiger partial charge in [0.05, 0.1) is 19.1 Å². The van der Waals surface area contributed by atoms with Gasteiger partial charge in [0.15, 0.2) is 0 Å². The smallest absolute Gasteiger partial charge is 0.122 e. The molecular weight excluding hydrogens is 198 g/mol. The number of benzene rings is 1. The zero-order valence-corrected chi connectivity index (χ0v) is 10.5. The number of methoxy groups -OCH3 is 1. The van der Waals surface area contributed by atoms with E-state index >= 15 is 0 Å². The summed E-state index contributed by atoms with van der Waals surface area (Å²) in [6.07, 6.45) is 1.74. The maximum absolute atomic E-state index is 8.97. The van der Waals surface area contributed by atoms with Gasteiger partial charge in [0.25, 0.3) is 0 Å². The molecule has 1 aromatic carbocycles. The third-order valence-electron chi connectivity index (χ3n) is 3.21. The summed E-state index contributed by atoms with van der Waals surface area (Å²) in [5.41, 5.74) is 3.67. The highest BCUT2D eigenvalue weighted by Crippen LogP contribution is 2.25. The lowest BCUT2D eigenvalue weighted by Gasteiger charge is -2.14. The molecular formula is C14H19NO. The minimum atomic E-state index is 0.117. The monoisotopic (exact) mass is 217 g/mol. The number of ether oxygens (including phenoxy) is 1. The van der Waals surface area contributed by atoms with Gasteiger partial charge in [-0.15, -0.1) is 0 Å². The van der Waals surface area contributed by atoms with Crippen LogP contribution in [0.4, 0.5) is 0 Å². The molecule has 0 aliphatic carbocycles. The van der Waals surface area contributed by atoms with Crippen molar-refractivity contribution in [2.45, 2.75) is 33.6 Å². The first-order chi connectivity index (χ1) is 7.63. The van der Waals surface area contributed by atoms with E-state index in [1.54, 1.807) is 7.11 Å². The molecule has 2 heteroatoms. The fraction of sp³-hybridized carbons (Fsp3) is 0.500. The number of nitriles is 1. The summed E-state index contributed by atoms with van der Waals surface area (Å²) in [6, 6.07) is 6.40. The van der Waals surface area contributed by atoms with E-state index in [9.17, 15) is 0 Å². The summed E-state index contributed by atoms with van der Waals surface area (Å²) in [4.78, 5) is 0. The average Bonchev–Trinajstić information content (AvgIpc) is 2.31. The second-order valence-corrected chi connectivity index (χ2v) is 4.12. The lowest BCUT2D eigenvalue weighted by atomic mass is 9.93. The Morgan fingerprint density at radius 1 is 1.31 bits per heavy atom. The SMILES string of the molecule is CCC(C#N)Cc1ccc(OC)c(C)c1C. The number of hydrogen-bond donors (Lipinski definition) is 0. The summed E-state index contributed by atoms with van der Waals surface area (Å²) in [5, 5.41) is 8.97. The van der Waals surface area contributed by atoms with Crippen LogP contribution in [0.15, 0.2) is 12.1 Å². The quantitative estimate of drug-likeness (QED) is 0.774. The Balaban J connectivity index is 2.99. The van der Waals surface area contributed by atoms with Crippen LogP contribution in [0.3, 0.4) is 0 Å². The van der Waals surface area contributed by atoms with Crippen molar-refractivity contribution in [3.8, 4) is 11.8 Å². The molecule has 0 saturated heterocycles. The molecule has 0 spiro atoms. The molecule has 1 unspecified atom stereocenters. The van der Waals surface area contributed by atoms with E-state index in [0.29, 0.717) is 0 Å². The minimum absolute atomic E-state index is 0.117. The van der Waals surface area contributed by atoms with Crippen molar-refractivity contribution in [3.63, 3.8) is 0 Å². The van der Waals surface area contributed by atoms with Crippen molar-refractivity contribution < 1.29 is 4.74 Å². The van der Waals surface area contributed by atoms with Gasteiger partial charge in [0.1, 0.15) is 5.75 Å². The summed E-state index contributed by atoms with van der Waals surface area (Å²) < 4.78 is 5.27. The van der Waals surface area contributed by atoms with E-state index in [4.69, 9.17) is 10.00 Å². The van der Waals surface area contributed by atoms with Crippen LogP contribution in [0, 0.1) is 31.1 Å². The second-order valence-electron chi connectivity index (χ2n) is 4.12. The van der Waals surface area contributed by atoms with Crippen LogP contribution in [0.25, 0.3) is 0 Å². The van der Waals surface area contributed by atoms with Crippen molar-refractivity contribution in [1.82, 2.24) is 0 Å². The van der Waals surface area contributed by atoms with Gasteiger partial charge in [-0.25, -0.2) is 0 Å². The summed E-state index contributed by atoms with van der Waals surface area (Å²) in [5.74, 6) is 1.04.